The molecule has 0 bridgehead atoms. The van der Waals surface area contributed by atoms with Crippen molar-refractivity contribution < 1.29 is 22.9 Å². The number of ether oxygens (including phenoxy) is 1. The van der Waals surface area contributed by atoms with Crippen molar-refractivity contribution in [1.82, 2.24) is 0 Å². The average Bonchev–Trinajstić information content (AvgIpc) is 2.81. The van der Waals surface area contributed by atoms with E-state index in [9.17, 15) is 23.3 Å². The lowest BCUT2D eigenvalue weighted by molar-refractivity contribution is -0.384. The Morgan fingerprint density at radius 3 is 2.35 bits per heavy atom. The summed E-state index contributed by atoms with van der Waals surface area (Å²) in [7, 11) is -2.29. The molecule has 0 aliphatic rings. The molecule has 10 heteroatoms. The predicted octanol–water partition coefficient (Wildman–Crippen LogP) is 4.44. The van der Waals surface area contributed by atoms with Crippen LogP contribution in [-0.4, -0.2) is 32.9 Å². The number of nitrogens with one attached hydrogen (secondary N) is 1. The van der Waals surface area contributed by atoms with Gasteiger partial charge in [-0.1, -0.05) is 18.2 Å². The van der Waals surface area contributed by atoms with E-state index in [2.05, 4.69) is 5.32 Å². The minimum atomic E-state index is -3.75. The predicted molar refractivity (Wildman–Crippen MR) is 130 cm³/mol. The fraction of sp³-hybridized carbons (Fsp3) is 0.208. The SMILES string of the molecule is Cc1ccc(S(=O)(=O)N(C)c2ccc(OC(=O)CCNc3ccccc3[N+](=O)[O-])cc2)cc1C. The van der Waals surface area contributed by atoms with Crippen LogP contribution < -0.4 is 14.4 Å². The van der Waals surface area contributed by atoms with Gasteiger partial charge in [-0.25, -0.2) is 8.42 Å². The molecule has 0 aromatic heterocycles. The summed E-state index contributed by atoms with van der Waals surface area (Å²) in [5, 5.41) is 13.9. The van der Waals surface area contributed by atoms with Crippen LogP contribution in [0.25, 0.3) is 0 Å². The molecule has 3 aromatic carbocycles. The second-order valence-corrected chi connectivity index (χ2v) is 9.61. The van der Waals surface area contributed by atoms with E-state index in [0.717, 1.165) is 11.1 Å². The quantitative estimate of drug-likeness (QED) is 0.207. The molecule has 0 saturated carbocycles. The van der Waals surface area contributed by atoms with E-state index in [4.69, 9.17) is 4.74 Å². The number of rotatable bonds is 9. The average molecular weight is 484 g/mol. The molecule has 0 radical (unpaired) electrons. The van der Waals surface area contributed by atoms with Gasteiger partial charge >= 0.3 is 5.97 Å². The Labute approximate surface area is 198 Å². The van der Waals surface area contributed by atoms with Gasteiger partial charge in [0.15, 0.2) is 0 Å². The highest BCUT2D eigenvalue weighted by Crippen LogP contribution is 2.26. The van der Waals surface area contributed by atoms with Crippen LogP contribution in [0.5, 0.6) is 5.75 Å². The zero-order valence-corrected chi connectivity index (χ0v) is 19.8. The monoisotopic (exact) mass is 483 g/mol. The lowest BCUT2D eigenvalue weighted by Crippen LogP contribution is -2.26. The standard InChI is InChI=1S/C24H25N3O6S/c1-17-8-13-21(16-18(17)2)34(31,32)26(3)19-9-11-20(12-10-19)33-24(28)14-15-25-22-6-4-5-7-23(22)27(29)30/h4-13,16,25H,14-15H2,1-3H3. The molecule has 0 aliphatic carbocycles. The highest BCUT2D eigenvalue weighted by molar-refractivity contribution is 7.92. The zero-order chi connectivity index (χ0) is 24.9. The number of nitro groups is 1. The Balaban J connectivity index is 1.59. The molecule has 3 aromatic rings. The zero-order valence-electron chi connectivity index (χ0n) is 19.0. The minimum absolute atomic E-state index is 0.0190. The lowest BCUT2D eigenvalue weighted by Gasteiger charge is -2.20. The number of carbonyl (C=O) groups excluding carboxylic acids is 1. The molecular weight excluding hydrogens is 458 g/mol. The largest absolute Gasteiger partial charge is 0.426 e. The van der Waals surface area contributed by atoms with Crippen molar-refractivity contribution in [1.29, 1.82) is 0 Å². The van der Waals surface area contributed by atoms with E-state index < -0.39 is 20.9 Å². The summed E-state index contributed by atoms with van der Waals surface area (Å²) in [6, 6.07) is 17.2. The summed E-state index contributed by atoms with van der Waals surface area (Å²) in [4.78, 5) is 22.9. The first-order chi connectivity index (χ1) is 16.1. The maximum Gasteiger partial charge on any atom is 0.312 e. The van der Waals surface area contributed by atoms with Crippen molar-refractivity contribution >= 4 is 33.1 Å². The molecule has 34 heavy (non-hydrogen) atoms. The molecule has 0 atom stereocenters. The Bertz CT molecular complexity index is 1310. The molecule has 178 valence electrons. The molecule has 0 spiro atoms. The second kappa shape index (κ2) is 10.3. The van der Waals surface area contributed by atoms with Crippen molar-refractivity contribution in [2.24, 2.45) is 0 Å². The third-order valence-corrected chi connectivity index (χ3v) is 7.10. The van der Waals surface area contributed by atoms with Gasteiger partial charge < -0.3 is 10.1 Å². The van der Waals surface area contributed by atoms with Gasteiger partial charge in [-0.15, -0.1) is 0 Å². The molecule has 1 N–H and O–H groups in total. The van der Waals surface area contributed by atoms with Crippen molar-refractivity contribution in [3.8, 4) is 5.75 Å². The molecule has 3 rings (SSSR count). The van der Waals surface area contributed by atoms with Gasteiger partial charge in [0.05, 0.1) is 21.9 Å². The van der Waals surface area contributed by atoms with Gasteiger partial charge in [-0.05, 0) is 67.4 Å². The number of anilines is 2. The van der Waals surface area contributed by atoms with Crippen LogP contribution in [0.4, 0.5) is 17.1 Å². The second-order valence-electron chi connectivity index (χ2n) is 7.64. The van der Waals surface area contributed by atoms with Crippen LogP contribution >= 0.6 is 0 Å². The molecular formula is C24H25N3O6S. The molecule has 0 heterocycles. The molecule has 0 fully saturated rings. The van der Waals surface area contributed by atoms with E-state index in [1.54, 1.807) is 48.5 Å². The van der Waals surface area contributed by atoms with Crippen LogP contribution in [0.15, 0.2) is 71.6 Å². The van der Waals surface area contributed by atoms with Gasteiger partial charge in [0.1, 0.15) is 11.4 Å². The van der Waals surface area contributed by atoms with Gasteiger partial charge in [0, 0.05) is 19.7 Å². The Kier molecular flexibility index (Phi) is 7.52. The highest BCUT2D eigenvalue weighted by atomic mass is 32.2. The van der Waals surface area contributed by atoms with Gasteiger partial charge in [0.2, 0.25) is 0 Å². The normalized spacial score (nSPS) is 11.0. The molecule has 0 aliphatic heterocycles. The maximum absolute atomic E-state index is 13.0. The maximum atomic E-state index is 13.0. The van der Waals surface area contributed by atoms with Gasteiger partial charge in [-0.3, -0.25) is 19.2 Å². The molecule has 0 unspecified atom stereocenters. The Morgan fingerprint density at radius 1 is 1.03 bits per heavy atom. The lowest BCUT2D eigenvalue weighted by atomic mass is 10.1. The van der Waals surface area contributed by atoms with E-state index in [-0.39, 0.29) is 29.3 Å². The highest BCUT2D eigenvalue weighted by Gasteiger charge is 2.22. The summed E-state index contributed by atoms with van der Waals surface area (Å²) in [6.07, 6.45) is -0.0190. The van der Waals surface area contributed by atoms with E-state index in [1.807, 2.05) is 13.8 Å². The summed E-state index contributed by atoms with van der Waals surface area (Å²) in [5.41, 5.74) is 2.54. The first-order valence-electron chi connectivity index (χ1n) is 10.4. The molecule has 9 nitrogen and oxygen atoms in total. The first kappa shape index (κ1) is 24.7. The van der Waals surface area contributed by atoms with E-state index in [0.29, 0.717) is 11.4 Å². The fourth-order valence-corrected chi connectivity index (χ4v) is 4.44. The number of esters is 1. The summed E-state index contributed by atoms with van der Waals surface area (Å²) in [5.74, 6) is -0.272. The molecule has 0 saturated heterocycles. The summed E-state index contributed by atoms with van der Waals surface area (Å²) >= 11 is 0. The number of hydrogen-bond acceptors (Lipinski definition) is 7. The third kappa shape index (κ3) is 5.70. The van der Waals surface area contributed by atoms with Crippen molar-refractivity contribution in [3.63, 3.8) is 0 Å². The Hall–Kier alpha value is -3.92. The van der Waals surface area contributed by atoms with Crippen LogP contribution in [0.2, 0.25) is 0 Å². The number of nitro benzene ring substituents is 1. The summed E-state index contributed by atoms with van der Waals surface area (Å²) in [6.45, 7) is 3.92. The third-order valence-electron chi connectivity index (χ3n) is 5.31. The van der Waals surface area contributed by atoms with Gasteiger partial charge in [-0.2, -0.15) is 0 Å². The molecule has 0 amide bonds. The minimum Gasteiger partial charge on any atom is -0.426 e. The topological polar surface area (TPSA) is 119 Å². The van der Waals surface area contributed by atoms with Crippen LogP contribution in [0.3, 0.4) is 0 Å². The van der Waals surface area contributed by atoms with Gasteiger partial charge in [0.25, 0.3) is 15.7 Å². The van der Waals surface area contributed by atoms with Crippen LogP contribution in [0, 0.1) is 24.0 Å². The van der Waals surface area contributed by atoms with Crippen LogP contribution in [0.1, 0.15) is 17.5 Å². The number of sulfonamides is 1. The first-order valence-corrected chi connectivity index (χ1v) is 11.9. The van der Waals surface area contributed by atoms with Crippen molar-refractivity contribution in [2.75, 3.05) is 23.2 Å². The van der Waals surface area contributed by atoms with Crippen LogP contribution in [-0.2, 0) is 14.8 Å². The Morgan fingerprint density at radius 2 is 1.71 bits per heavy atom. The van der Waals surface area contributed by atoms with E-state index >= 15 is 0 Å². The van der Waals surface area contributed by atoms with E-state index in [1.165, 1.54) is 29.6 Å². The van der Waals surface area contributed by atoms with Crippen molar-refractivity contribution in [2.45, 2.75) is 25.2 Å². The number of carbonyl (C=O) groups is 1. The summed E-state index contributed by atoms with van der Waals surface area (Å²) < 4.78 is 32.4. The number of aryl methyl sites for hydroxylation is 2. The number of hydrogen-bond donors (Lipinski definition) is 1. The number of nitrogens with zero attached hydrogens (tertiary/aromatic N) is 2. The number of para-hydroxylation sites is 2. The fourth-order valence-electron chi connectivity index (χ4n) is 3.16. The number of benzene rings is 3. The van der Waals surface area contributed by atoms with Crippen molar-refractivity contribution in [3.05, 3.63) is 88.0 Å². The smallest absolute Gasteiger partial charge is 0.312 e.